The highest BCUT2D eigenvalue weighted by Gasteiger charge is 2.06. The Kier molecular flexibility index (Phi) is 3.19. The molecular formula is C14H15N3O. The number of hydrogen-bond donors (Lipinski definition) is 0. The average molecular weight is 241 g/mol. The third-order valence-electron chi connectivity index (χ3n) is 2.96. The van der Waals surface area contributed by atoms with Crippen LogP contribution in [-0.4, -0.2) is 42.5 Å². The minimum atomic E-state index is 0.752. The van der Waals surface area contributed by atoms with E-state index in [0.29, 0.717) is 0 Å². The van der Waals surface area contributed by atoms with Crippen LogP contribution in [0, 0.1) is 0 Å². The molecule has 0 amide bonds. The SMILES string of the molecule is C(=N\N1CCOCC1)/c1ccc2ccccc2n1. The Hall–Kier alpha value is -1.94. The van der Waals surface area contributed by atoms with Gasteiger partial charge in [0.15, 0.2) is 0 Å². The van der Waals surface area contributed by atoms with Gasteiger partial charge in [0.25, 0.3) is 0 Å². The van der Waals surface area contributed by atoms with Gasteiger partial charge in [-0.2, -0.15) is 5.10 Å². The van der Waals surface area contributed by atoms with Crippen LogP contribution in [-0.2, 0) is 4.74 Å². The molecule has 0 radical (unpaired) electrons. The van der Waals surface area contributed by atoms with Crippen LogP contribution in [0.5, 0.6) is 0 Å². The van der Waals surface area contributed by atoms with Crippen LogP contribution in [0.3, 0.4) is 0 Å². The third-order valence-corrected chi connectivity index (χ3v) is 2.96. The van der Waals surface area contributed by atoms with Crippen LogP contribution in [0.1, 0.15) is 5.69 Å². The van der Waals surface area contributed by atoms with Crippen molar-refractivity contribution in [3.63, 3.8) is 0 Å². The highest BCUT2D eigenvalue weighted by molar-refractivity contribution is 5.84. The summed E-state index contributed by atoms with van der Waals surface area (Å²) in [7, 11) is 0. The minimum absolute atomic E-state index is 0.752. The number of pyridine rings is 1. The zero-order valence-corrected chi connectivity index (χ0v) is 10.1. The number of benzene rings is 1. The zero-order chi connectivity index (χ0) is 12.2. The summed E-state index contributed by atoms with van der Waals surface area (Å²) >= 11 is 0. The molecular weight excluding hydrogens is 226 g/mol. The summed E-state index contributed by atoms with van der Waals surface area (Å²) in [6.45, 7) is 3.21. The van der Waals surface area contributed by atoms with Crippen LogP contribution in [0.25, 0.3) is 10.9 Å². The molecule has 2 heterocycles. The van der Waals surface area contributed by atoms with Crippen LogP contribution in [0.4, 0.5) is 0 Å². The number of morpholine rings is 1. The Balaban J connectivity index is 1.79. The minimum Gasteiger partial charge on any atom is -0.378 e. The van der Waals surface area contributed by atoms with E-state index in [1.54, 1.807) is 0 Å². The molecule has 92 valence electrons. The summed E-state index contributed by atoms with van der Waals surface area (Å²) < 4.78 is 5.28. The molecule has 0 N–H and O–H groups in total. The van der Waals surface area contributed by atoms with Crippen molar-refractivity contribution in [2.75, 3.05) is 26.3 Å². The molecule has 1 aromatic heterocycles. The van der Waals surface area contributed by atoms with Crippen molar-refractivity contribution < 1.29 is 4.74 Å². The second kappa shape index (κ2) is 5.14. The second-order valence-electron chi connectivity index (χ2n) is 4.24. The maximum absolute atomic E-state index is 5.28. The Morgan fingerprint density at radius 3 is 2.83 bits per heavy atom. The maximum atomic E-state index is 5.28. The Morgan fingerprint density at radius 1 is 1.11 bits per heavy atom. The number of para-hydroxylation sites is 1. The number of hydrogen-bond acceptors (Lipinski definition) is 4. The highest BCUT2D eigenvalue weighted by atomic mass is 16.5. The van der Waals surface area contributed by atoms with E-state index < -0.39 is 0 Å². The van der Waals surface area contributed by atoms with Gasteiger partial charge in [-0.05, 0) is 12.1 Å². The molecule has 2 aromatic rings. The first-order valence-electron chi connectivity index (χ1n) is 6.14. The van der Waals surface area contributed by atoms with Gasteiger partial charge in [0.1, 0.15) is 0 Å². The molecule has 1 aliphatic heterocycles. The lowest BCUT2D eigenvalue weighted by Crippen LogP contribution is -2.32. The smallest absolute Gasteiger partial charge is 0.0837 e. The van der Waals surface area contributed by atoms with Crippen LogP contribution in [0.2, 0.25) is 0 Å². The normalized spacial score (nSPS) is 16.6. The Labute approximate surface area is 106 Å². The molecule has 0 saturated carbocycles. The van der Waals surface area contributed by atoms with E-state index >= 15 is 0 Å². The highest BCUT2D eigenvalue weighted by Crippen LogP contribution is 2.10. The summed E-state index contributed by atoms with van der Waals surface area (Å²) in [5.74, 6) is 0. The van der Waals surface area contributed by atoms with Gasteiger partial charge in [-0.15, -0.1) is 0 Å². The summed E-state index contributed by atoms with van der Waals surface area (Å²) in [4.78, 5) is 4.55. The molecule has 0 spiro atoms. The lowest BCUT2D eigenvalue weighted by molar-refractivity contribution is 0.0396. The van der Waals surface area contributed by atoms with Crippen molar-refractivity contribution in [2.24, 2.45) is 5.10 Å². The molecule has 1 fully saturated rings. The van der Waals surface area contributed by atoms with Crippen molar-refractivity contribution in [3.05, 3.63) is 42.1 Å². The summed E-state index contributed by atoms with van der Waals surface area (Å²) in [6, 6.07) is 12.2. The fourth-order valence-corrected chi connectivity index (χ4v) is 1.96. The molecule has 1 aromatic carbocycles. The predicted octanol–water partition coefficient (Wildman–Crippen LogP) is 1.90. The fourth-order valence-electron chi connectivity index (χ4n) is 1.96. The molecule has 0 bridgehead atoms. The summed E-state index contributed by atoms with van der Waals surface area (Å²) in [5.41, 5.74) is 1.89. The molecule has 0 aliphatic carbocycles. The Morgan fingerprint density at radius 2 is 1.94 bits per heavy atom. The molecule has 4 heteroatoms. The molecule has 1 aliphatic rings. The first kappa shape index (κ1) is 11.2. The lowest BCUT2D eigenvalue weighted by atomic mass is 10.2. The lowest BCUT2D eigenvalue weighted by Gasteiger charge is -2.23. The number of ether oxygens (including phenoxy) is 1. The van der Waals surface area contributed by atoms with Crippen molar-refractivity contribution in [1.29, 1.82) is 0 Å². The van der Waals surface area contributed by atoms with Gasteiger partial charge in [-0.25, -0.2) is 4.98 Å². The number of hydrazone groups is 1. The van der Waals surface area contributed by atoms with Crippen molar-refractivity contribution in [2.45, 2.75) is 0 Å². The molecule has 4 nitrogen and oxygen atoms in total. The largest absolute Gasteiger partial charge is 0.378 e. The maximum Gasteiger partial charge on any atom is 0.0837 e. The third kappa shape index (κ3) is 2.49. The first-order valence-corrected chi connectivity index (χ1v) is 6.14. The second-order valence-corrected chi connectivity index (χ2v) is 4.24. The van der Waals surface area contributed by atoms with Crippen molar-refractivity contribution in [1.82, 2.24) is 9.99 Å². The van der Waals surface area contributed by atoms with Gasteiger partial charge in [0, 0.05) is 5.39 Å². The standard InChI is InChI=1S/C14H15N3O/c1-2-4-14-12(3-1)5-6-13(16-14)11-15-17-7-9-18-10-8-17/h1-6,11H,7-10H2/b15-11+. The van der Waals surface area contributed by atoms with Crippen LogP contribution >= 0.6 is 0 Å². The van der Waals surface area contributed by atoms with Gasteiger partial charge < -0.3 is 4.74 Å². The number of nitrogens with zero attached hydrogens (tertiary/aromatic N) is 3. The summed E-state index contributed by atoms with van der Waals surface area (Å²) in [6.07, 6.45) is 1.82. The predicted molar refractivity (Wildman–Crippen MR) is 71.7 cm³/mol. The average Bonchev–Trinajstić information content (AvgIpc) is 2.46. The zero-order valence-electron chi connectivity index (χ0n) is 10.1. The van der Waals surface area contributed by atoms with Crippen molar-refractivity contribution >= 4 is 17.1 Å². The number of fused-ring (bicyclic) bond motifs is 1. The molecule has 3 rings (SSSR count). The van der Waals surface area contributed by atoms with Crippen molar-refractivity contribution in [3.8, 4) is 0 Å². The van der Waals surface area contributed by atoms with E-state index in [0.717, 1.165) is 42.9 Å². The van der Waals surface area contributed by atoms with E-state index in [1.807, 2.05) is 35.5 Å². The topological polar surface area (TPSA) is 37.7 Å². The van der Waals surface area contributed by atoms with Gasteiger partial charge in [0.05, 0.1) is 43.7 Å². The number of rotatable bonds is 2. The van der Waals surface area contributed by atoms with Gasteiger partial charge in [0.2, 0.25) is 0 Å². The van der Waals surface area contributed by atoms with Crippen LogP contribution < -0.4 is 0 Å². The molecule has 18 heavy (non-hydrogen) atoms. The molecule has 1 saturated heterocycles. The number of aromatic nitrogens is 1. The molecule has 0 unspecified atom stereocenters. The fraction of sp³-hybridized carbons (Fsp3) is 0.286. The van der Waals surface area contributed by atoms with Crippen LogP contribution in [0.15, 0.2) is 41.5 Å². The van der Waals surface area contributed by atoms with Gasteiger partial charge in [-0.1, -0.05) is 24.3 Å². The first-order chi connectivity index (χ1) is 8.92. The van der Waals surface area contributed by atoms with E-state index in [9.17, 15) is 0 Å². The Bertz CT molecular complexity index is 562. The molecule has 0 atom stereocenters. The van der Waals surface area contributed by atoms with Gasteiger partial charge >= 0.3 is 0 Å². The van der Waals surface area contributed by atoms with Gasteiger partial charge in [-0.3, -0.25) is 5.01 Å². The van der Waals surface area contributed by atoms with E-state index in [2.05, 4.69) is 22.2 Å². The monoisotopic (exact) mass is 241 g/mol. The van der Waals surface area contributed by atoms with E-state index in [-0.39, 0.29) is 0 Å². The quantitative estimate of drug-likeness (QED) is 0.754. The summed E-state index contributed by atoms with van der Waals surface area (Å²) in [5, 5.41) is 7.59. The van der Waals surface area contributed by atoms with E-state index in [1.165, 1.54) is 0 Å². The van der Waals surface area contributed by atoms with E-state index in [4.69, 9.17) is 4.74 Å².